The number of halogens is 1. The van der Waals surface area contributed by atoms with Gasteiger partial charge in [-0.2, -0.15) is 0 Å². The Morgan fingerprint density at radius 2 is 2.38 bits per heavy atom. The zero-order valence-corrected chi connectivity index (χ0v) is 8.87. The van der Waals surface area contributed by atoms with Gasteiger partial charge in [0.1, 0.15) is 0 Å². The lowest BCUT2D eigenvalue weighted by Crippen LogP contribution is -2.08. The van der Waals surface area contributed by atoms with Gasteiger partial charge in [-0.3, -0.25) is 9.78 Å². The first kappa shape index (κ1) is 10.2. The van der Waals surface area contributed by atoms with Gasteiger partial charge in [-0.25, -0.2) is 0 Å². The van der Waals surface area contributed by atoms with Crippen LogP contribution >= 0.6 is 15.9 Å². The molecule has 1 rings (SSSR count). The van der Waals surface area contributed by atoms with Gasteiger partial charge in [0.15, 0.2) is 0 Å². The van der Waals surface area contributed by atoms with Gasteiger partial charge in [0.05, 0.1) is 18.7 Å². The molecular weight excluding hydrogens is 234 g/mol. The molecule has 0 aromatic carbocycles. The number of pyridine rings is 1. The van der Waals surface area contributed by atoms with Crippen molar-refractivity contribution in [1.82, 2.24) is 4.98 Å². The first-order chi connectivity index (χ1) is 6.22. The largest absolute Gasteiger partial charge is 0.466 e. The van der Waals surface area contributed by atoms with Gasteiger partial charge in [0.2, 0.25) is 0 Å². The third kappa shape index (κ3) is 3.55. The second kappa shape index (κ2) is 4.97. The molecule has 0 fully saturated rings. The quantitative estimate of drug-likeness (QED) is 0.763. The van der Waals surface area contributed by atoms with Gasteiger partial charge in [0.25, 0.3) is 0 Å². The third-order valence-corrected chi connectivity index (χ3v) is 1.89. The van der Waals surface area contributed by atoms with Gasteiger partial charge in [-0.1, -0.05) is 0 Å². The molecule has 4 heteroatoms. The van der Waals surface area contributed by atoms with E-state index in [9.17, 15) is 4.79 Å². The maximum atomic E-state index is 11.0. The van der Waals surface area contributed by atoms with E-state index in [4.69, 9.17) is 4.74 Å². The van der Waals surface area contributed by atoms with Crippen LogP contribution in [0.4, 0.5) is 0 Å². The average Bonchev–Trinajstić information content (AvgIpc) is 2.09. The minimum Gasteiger partial charge on any atom is -0.466 e. The van der Waals surface area contributed by atoms with Crippen LogP contribution in [0.5, 0.6) is 0 Å². The molecule has 0 saturated carbocycles. The lowest BCUT2D eigenvalue weighted by molar-refractivity contribution is -0.142. The number of carbonyl (C=O) groups excluding carboxylic acids is 1. The number of esters is 1. The fourth-order valence-corrected chi connectivity index (χ4v) is 1.11. The number of aromatic nitrogens is 1. The standard InChI is InChI=1S/C9H10BrNO2/c1-2-13-9(12)5-8-4-3-7(10)6-11-8/h3-4,6H,2,5H2,1H3. The molecule has 0 aliphatic carbocycles. The van der Waals surface area contributed by atoms with Gasteiger partial charge >= 0.3 is 5.97 Å². The Kier molecular flexibility index (Phi) is 3.89. The van der Waals surface area contributed by atoms with Crippen molar-refractivity contribution in [3.8, 4) is 0 Å². The topological polar surface area (TPSA) is 39.2 Å². The van der Waals surface area contributed by atoms with Gasteiger partial charge in [0, 0.05) is 10.7 Å². The van der Waals surface area contributed by atoms with Crippen LogP contribution in [0.3, 0.4) is 0 Å². The first-order valence-corrected chi connectivity index (χ1v) is 4.77. The monoisotopic (exact) mass is 243 g/mol. The van der Waals surface area contributed by atoms with Crippen molar-refractivity contribution < 1.29 is 9.53 Å². The normalized spacial score (nSPS) is 9.69. The van der Waals surface area contributed by atoms with Crippen LogP contribution in [0.1, 0.15) is 12.6 Å². The van der Waals surface area contributed by atoms with Gasteiger partial charge in [-0.15, -0.1) is 0 Å². The number of carbonyl (C=O) groups is 1. The van der Waals surface area contributed by atoms with E-state index in [0.29, 0.717) is 6.61 Å². The Morgan fingerprint density at radius 1 is 1.62 bits per heavy atom. The van der Waals surface area contributed by atoms with E-state index >= 15 is 0 Å². The minimum atomic E-state index is -0.239. The molecule has 3 nitrogen and oxygen atoms in total. The lowest BCUT2D eigenvalue weighted by Gasteiger charge is -2.00. The number of nitrogens with zero attached hydrogens (tertiary/aromatic N) is 1. The fraction of sp³-hybridized carbons (Fsp3) is 0.333. The fourth-order valence-electron chi connectivity index (χ4n) is 0.871. The summed E-state index contributed by atoms with van der Waals surface area (Å²) >= 11 is 3.26. The first-order valence-electron chi connectivity index (χ1n) is 3.98. The highest BCUT2D eigenvalue weighted by Gasteiger charge is 2.03. The molecule has 1 aromatic rings. The predicted octanol–water partition coefficient (Wildman–Crippen LogP) is 1.95. The molecule has 0 aliphatic heterocycles. The van der Waals surface area contributed by atoms with E-state index in [1.54, 1.807) is 19.2 Å². The highest BCUT2D eigenvalue weighted by atomic mass is 79.9. The predicted molar refractivity (Wildman–Crippen MR) is 52.3 cm³/mol. The molecule has 0 saturated heterocycles. The van der Waals surface area contributed by atoms with Crippen LogP contribution in [-0.4, -0.2) is 17.6 Å². The van der Waals surface area contributed by atoms with Gasteiger partial charge in [-0.05, 0) is 35.0 Å². The van der Waals surface area contributed by atoms with E-state index in [0.717, 1.165) is 10.2 Å². The Balaban J connectivity index is 2.54. The molecule has 1 aromatic heterocycles. The average molecular weight is 244 g/mol. The van der Waals surface area contributed by atoms with Crippen molar-refractivity contribution in [2.24, 2.45) is 0 Å². The molecule has 0 aliphatic rings. The van der Waals surface area contributed by atoms with E-state index < -0.39 is 0 Å². The highest BCUT2D eigenvalue weighted by Crippen LogP contribution is 2.07. The van der Waals surface area contributed by atoms with Crippen molar-refractivity contribution in [1.29, 1.82) is 0 Å². The summed E-state index contributed by atoms with van der Waals surface area (Å²) in [6.07, 6.45) is 1.90. The molecular formula is C9H10BrNO2. The summed E-state index contributed by atoms with van der Waals surface area (Å²) in [5, 5.41) is 0. The Bertz CT molecular complexity index is 284. The summed E-state index contributed by atoms with van der Waals surface area (Å²) in [5.41, 5.74) is 0.724. The molecule has 0 atom stereocenters. The summed E-state index contributed by atoms with van der Waals surface area (Å²) in [5.74, 6) is -0.239. The number of hydrogen-bond acceptors (Lipinski definition) is 3. The molecule has 0 radical (unpaired) electrons. The molecule has 0 spiro atoms. The van der Waals surface area contributed by atoms with Crippen molar-refractivity contribution in [3.05, 3.63) is 28.5 Å². The smallest absolute Gasteiger partial charge is 0.311 e. The summed E-state index contributed by atoms with van der Waals surface area (Å²) < 4.78 is 5.69. The summed E-state index contributed by atoms with van der Waals surface area (Å²) in [4.78, 5) is 15.1. The van der Waals surface area contributed by atoms with Gasteiger partial charge < -0.3 is 4.74 Å². The molecule has 0 N–H and O–H groups in total. The second-order valence-electron chi connectivity index (χ2n) is 2.45. The zero-order chi connectivity index (χ0) is 9.68. The van der Waals surface area contributed by atoms with Crippen LogP contribution in [-0.2, 0) is 16.0 Å². The SMILES string of the molecule is CCOC(=O)Cc1ccc(Br)cn1. The summed E-state index contributed by atoms with van der Waals surface area (Å²) in [7, 11) is 0. The summed E-state index contributed by atoms with van der Waals surface area (Å²) in [6.45, 7) is 2.20. The van der Waals surface area contributed by atoms with Crippen molar-refractivity contribution >= 4 is 21.9 Å². The van der Waals surface area contributed by atoms with Crippen LogP contribution < -0.4 is 0 Å². The zero-order valence-electron chi connectivity index (χ0n) is 7.29. The van der Waals surface area contributed by atoms with Crippen molar-refractivity contribution in [2.75, 3.05) is 6.61 Å². The lowest BCUT2D eigenvalue weighted by atomic mass is 10.3. The van der Waals surface area contributed by atoms with E-state index in [2.05, 4.69) is 20.9 Å². The van der Waals surface area contributed by atoms with E-state index in [1.165, 1.54) is 0 Å². The highest BCUT2D eigenvalue weighted by molar-refractivity contribution is 9.10. The van der Waals surface area contributed by atoms with E-state index in [-0.39, 0.29) is 12.4 Å². The number of hydrogen-bond donors (Lipinski definition) is 0. The molecule has 0 unspecified atom stereocenters. The maximum absolute atomic E-state index is 11.0. The van der Waals surface area contributed by atoms with Crippen LogP contribution in [0, 0.1) is 0 Å². The van der Waals surface area contributed by atoms with E-state index in [1.807, 2.05) is 6.07 Å². The second-order valence-corrected chi connectivity index (χ2v) is 3.37. The number of ether oxygens (including phenoxy) is 1. The Morgan fingerprint density at radius 3 is 2.92 bits per heavy atom. The van der Waals surface area contributed by atoms with Crippen molar-refractivity contribution in [3.63, 3.8) is 0 Å². The Labute approximate surface area is 85.3 Å². The van der Waals surface area contributed by atoms with Crippen molar-refractivity contribution in [2.45, 2.75) is 13.3 Å². The third-order valence-electron chi connectivity index (χ3n) is 1.42. The van der Waals surface area contributed by atoms with Crippen LogP contribution in [0.25, 0.3) is 0 Å². The molecule has 1 heterocycles. The molecule has 0 bridgehead atoms. The Hall–Kier alpha value is -0.900. The number of rotatable bonds is 3. The summed E-state index contributed by atoms with van der Waals surface area (Å²) in [6, 6.07) is 3.64. The maximum Gasteiger partial charge on any atom is 0.311 e. The van der Waals surface area contributed by atoms with Crippen LogP contribution in [0.15, 0.2) is 22.8 Å². The molecule has 13 heavy (non-hydrogen) atoms. The van der Waals surface area contributed by atoms with Crippen LogP contribution in [0.2, 0.25) is 0 Å². The molecule has 70 valence electrons. The molecule has 0 amide bonds. The minimum absolute atomic E-state index is 0.237.